The molecule has 0 atom stereocenters. The molecule has 0 bridgehead atoms. The van der Waals surface area contributed by atoms with E-state index in [9.17, 15) is 4.79 Å². The summed E-state index contributed by atoms with van der Waals surface area (Å²) in [4.78, 5) is 13.7. The van der Waals surface area contributed by atoms with Crippen LogP contribution in [0.15, 0.2) is 18.2 Å². The molecular weight excluding hydrogens is 202 g/mol. The van der Waals surface area contributed by atoms with E-state index in [0.717, 1.165) is 18.7 Å². The number of hydrogen-bond donors (Lipinski definition) is 0. The minimum atomic E-state index is -0.268. The number of rotatable bonds is 2. The standard InChI is InChI=1S/C13H17NO2/c1-10-9-11(13(15)16-2)5-6-12(10)14-7-3-4-8-14/h5-6,9H,3-4,7-8H2,1-2H3. The van der Waals surface area contributed by atoms with Crippen molar-refractivity contribution < 1.29 is 9.53 Å². The number of methoxy groups -OCH3 is 1. The third kappa shape index (κ3) is 2.03. The third-order valence-corrected chi connectivity index (χ3v) is 3.06. The summed E-state index contributed by atoms with van der Waals surface area (Å²) in [7, 11) is 1.41. The predicted molar refractivity (Wildman–Crippen MR) is 64.0 cm³/mol. The molecule has 1 aromatic rings. The van der Waals surface area contributed by atoms with Crippen LogP contribution in [-0.4, -0.2) is 26.2 Å². The second-order valence-electron chi connectivity index (χ2n) is 4.19. The average molecular weight is 219 g/mol. The number of hydrogen-bond acceptors (Lipinski definition) is 3. The van der Waals surface area contributed by atoms with Crippen molar-refractivity contribution in [1.29, 1.82) is 0 Å². The fourth-order valence-electron chi connectivity index (χ4n) is 2.21. The van der Waals surface area contributed by atoms with Gasteiger partial charge in [0, 0.05) is 18.8 Å². The van der Waals surface area contributed by atoms with Gasteiger partial charge in [0.25, 0.3) is 0 Å². The molecule has 86 valence electrons. The molecule has 1 fully saturated rings. The molecule has 0 amide bonds. The molecule has 0 aliphatic carbocycles. The SMILES string of the molecule is COC(=O)c1ccc(N2CCCC2)c(C)c1. The summed E-state index contributed by atoms with van der Waals surface area (Å²) >= 11 is 0. The average Bonchev–Trinajstić information content (AvgIpc) is 2.81. The Kier molecular flexibility index (Phi) is 3.13. The van der Waals surface area contributed by atoms with Gasteiger partial charge in [-0.3, -0.25) is 0 Å². The molecule has 0 saturated carbocycles. The molecule has 0 aromatic heterocycles. The first kappa shape index (κ1) is 11.0. The Hall–Kier alpha value is -1.51. The van der Waals surface area contributed by atoms with Crippen LogP contribution in [0.5, 0.6) is 0 Å². The Morgan fingerprint density at radius 1 is 1.31 bits per heavy atom. The number of benzene rings is 1. The minimum Gasteiger partial charge on any atom is -0.465 e. The first-order chi connectivity index (χ1) is 7.72. The lowest BCUT2D eigenvalue weighted by atomic mass is 10.1. The van der Waals surface area contributed by atoms with Crippen molar-refractivity contribution in [2.75, 3.05) is 25.1 Å². The van der Waals surface area contributed by atoms with Crippen LogP contribution in [-0.2, 0) is 4.74 Å². The van der Waals surface area contributed by atoms with Crippen LogP contribution in [0.2, 0.25) is 0 Å². The molecule has 1 aromatic carbocycles. The van der Waals surface area contributed by atoms with Gasteiger partial charge >= 0.3 is 5.97 Å². The second kappa shape index (κ2) is 4.56. The van der Waals surface area contributed by atoms with E-state index in [-0.39, 0.29) is 5.97 Å². The smallest absolute Gasteiger partial charge is 0.337 e. The number of esters is 1. The third-order valence-electron chi connectivity index (χ3n) is 3.06. The Labute approximate surface area is 96.0 Å². The van der Waals surface area contributed by atoms with Gasteiger partial charge in [-0.15, -0.1) is 0 Å². The lowest BCUT2D eigenvalue weighted by Gasteiger charge is -2.20. The van der Waals surface area contributed by atoms with E-state index in [1.165, 1.54) is 25.6 Å². The fraction of sp³-hybridized carbons (Fsp3) is 0.462. The molecule has 3 heteroatoms. The summed E-state index contributed by atoms with van der Waals surface area (Å²) < 4.78 is 4.70. The van der Waals surface area contributed by atoms with Gasteiger partial charge in [0.2, 0.25) is 0 Å². The van der Waals surface area contributed by atoms with Crippen LogP contribution in [0.4, 0.5) is 5.69 Å². The van der Waals surface area contributed by atoms with Gasteiger partial charge < -0.3 is 9.64 Å². The fourth-order valence-corrected chi connectivity index (χ4v) is 2.21. The zero-order valence-corrected chi connectivity index (χ0v) is 9.82. The highest BCUT2D eigenvalue weighted by Crippen LogP contribution is 2.25. The van der Waals surface area contributed by atoms with Gasteiger partial charge in [0.1, 0.15) is 0 Å². The van der Waals surface area contributed by atoms with E-state index < -0.39 is 0 Å². The van der Waals surface area contributed by atoms with Crippen molar-refractivity contribution in [2.45, 2.75) is 19.8 Å². The number of carbonyl (C=O) groups excluding carboxylic acids is 1. The van der Waals surface area contributed by atoms with Gasteiger partial charge in [-0.25, -0.2) is 4.79 Å². The number of ether oxygens (including phenoxy) is 1. The molecule has 0 radical (unpaired) electrons. The second-order valence-corrected chi connectivity index (χ2v) is 4.19. The predicted octanol–water partition coefficient (Wildman–Crippen LogP) is 2.38. The molecule has 1 aliphatic heterocycles. The largest absolute Gasteiger partial charge is 0.465 e. The summed E-state index contributed by atoms with van der Waals surface area (Å²) in [5, 5.41) is 0. The molecule has 1 saturated heterocycles. The maximum absolute atomic E-state index is 11.4. The summed E-state index contributed by atoms with van der Waals surface area (Å²) in [6.45, 7) is 4.29. The molecule has 0 N–H and O–H groups in total. The summed E-state index contributed by atoms with van der Waals surface area (Å²) in [6, 6.07) is 5.76. The van der Waals surface area contributed by atoms with Gasteiger partial charge in [-0.2, -0.15) is 0 Å². The van der Waals surface area contributed by atoms with Crippen molar-refractivity contribution in [1.82, 2.24) is 0 Å². The normalized spacial score (nSPS) is 15.2. The first-order valence-electron chi connectivity index (χ1n) is 5.66. The van der Waals surface area contributed by atoms with Crippen LogP contribution in [0.1, 0.15) is 28.8 Å². The monoisotopic (exact) mass is 219 g/mol. The molecule has 2 rings (SSSR count). The van der Waals surface area contributed by atoms with Gasteiger partial charge in [-0.05, 0) is 43.5 Å². The molecule has 0 unspecified atom stereocenters. The molecule has 3 nitrogen and oxygen atoms in total. The van der Waals surface area contributed by atoms with Crippen LogP contribution >= 0.6 is 0 Å². The Bertz CT molecular complexity index is 395. The van der Waals surface area contributed by atoms with E-state index in [2.05, 4.69) is 4.90 Å². The highest BCUT2D eigenvalue weighted by Gasteiger charge is 2.15. The summed E-state index contributed by atoms with van der Waals surface area (Å²) in [5.41, 5.74) is 3.01. The number of carbonyl (C=O) groups is 1. The van der Waals surface area contributed by atoms with E-state index in [4.69, 9.17) is 4.74 Å². The first-order valence-corrected chi connectivity index (χ1v) is 5.66. The van der Waals surface area contributed by atoms with Crippen molar-refractivity contribution in [3.05, 3.63) is 29.3 Å². The van der Waals surface area contributed by atoms with Crippen LogP contribution in [0.3, 0.4) is 0 Å². The lowest BCUT2D eigenvalue weighted by molar-refractivity contribution is 0.0600. The summed E-state index contributed by atoms with van der Waals surface area (Å²) in [6.07, 6.45) is 2.52. The Morgan fingerprint density at radius 3 is 2.56 bits per heavy atom. The van der Waals surface area contributed by atoms with Crippen LogP contribution < -0.4 is 4.90 Å². The van der Waals surface area contributed by atoms with Gasteiger partial charge in [0.15, 0.2) is 0 Å². The molecule has 0 spiro atoms. The van der Waals surface area contributed by atoms with Gasteiger partial charge in [-0.1, -0.05) is 0 Å². The van der Waals surface area contributed by atoms with Crippen molar-refractivity contribution in [2.24, 2.45) is 0 Å². The van der Waals surface area contributed by atoms with Crippen molar-refractivity contribution in [3.63, 3.8) is 0 Å². The lowest BCUT2D eigenvalue weighted by Crippen LogP contribution is -2.18. The highest BCUT2D eigenvalue weighted by atomic mass is 16.5. The number of anilines is 1. The van der Waals surface area contributed by atoms with E-state index in [1.54, 1.807) is 0 Å². The van der Waals surface area contributed by atoms with Gasteiger partial charge in [0.05, 0.1) is 12.7 Å². The van der Waals surface area contributed by atoms with E-state index in [0.29, 0.717) is 5.56 Å². The highest BCUT2D eigenvalue weighted by molar-refractivity contribution is 5.90. The zero-order valence-electron chi connectivity index (χ0n) is 9.82. The Morgan fingerprint density at radius 2 is 2.00 bits per heavy atom. The molecular formula is C13H17NO2. The van der Waals surface area contributed by atoms with Crippen molar-refractivity contribution >= 4 is 11.7 Å². The molecule has 1 aliphatic rings. The summed E-state index contributed by atoms with van der Waals surface area (Å²) in [5.74, 6) is -0.268. The molecule has 1 heterocycles. The quantitative estimate of drug-likeness (QED) is 0.715. The minimum absolute atomic E-state index is 0.268. The number of aryl methyl sites for hydroxylation is 1. The van der Waals surface area contributed by atoms with Crippen LogP contribution in [0.25, 0.3) is 0 Å². The Balaban J connectivity index is 2.25. The van der Waals surface area contributed by atoms with E-state index >= 15 is 0 Å². The maximum atomic E-state index is 11.4. The van der Waals surface area contributed by atoms with Crippen LogP contribution in [0, 0.1) is 6.92 Å². The van der Waals surface area contributed by atoms with Crippen molar-refractivity contribution in [3.8, 4) is 0 Å². The maximum Gasteiger partial charge on any atom is 0.337 e. The topological polar surface area (TPSA) is 29.5 Å². The molecule has 16 heavy (non-hydrogen) atoms. The number of nitrogens with zero attached hydrogens (tertiary/aromatic N) is 1. The zero-order chi connectivity index (χ0) is 11.5. The van der Waals surface area contributed by atoms with E-state index in [1.807, 2.05) is 25.1 Å².